The Hall–Kier alpha value is -3.12. The lowest BCUT2D eigenvalue weighted by Gasteiger charge is -2.09. The highest BCUT2D eigenvalue weighted by Gasteiger charge is 2.19. The Kier molecular flexibility index (Phi) is 8.39. The molecule has 13 nitrogen and oxygen atoms in total. The zero-order chi connectivity index (χ0) is 25.6. The van der Waals surface area contributed by atoms with Crippen LogP contribution in [0, 0.1) is 0 Å². The minimum atomic E-state index is -4.69. The summed E-state index contributed by atoms with van der Waals surface area (Å²) >= 11 is 0. The lowest BCUT2D eigenvalue weighted by molar-refractivity contribution is 0.0684. The first-order valence-electron chi connectivity index (χ1n) is 9.59. The van der Waals surface area contributed by atoms with E-state index in [0.29, 0.717) is 11.1 Å². The number of aromatic amines is 1. The number of aromatic nitrogens is 1. The van der Waals surface area contributed by atoms with Crippen LogP contribution in [0.15, 0.2) is 60.9 Å². The lowest BCUT2D eigenvalue weighted by Crippen LogP contribution is -2.12. The van der Waals surface area contributed by atoms with Gasteiger partial charge in [-0.3, -0.25) is 9.05 Å². The van der Waals surface area contributed by atoms with E-state index in [9.17, 15) is 18.7 Å². The number of esters is 2. The van der Waals surface area contributed by atoms with Gasteiger partial charge in [-0.25, -0.2) is 18.7 Å². The van der Waals surface area contributed by atoms with Crippen molar-refractivity contribution in [2.75, 3.05) is 0 Å². The molecule has 0 saturated heterocycles. The molecule has 0 bridgehead atoms. The van der Waals surface area contributed by atoms with Crippen molar-refractivity contribution >= 4 is 27.6 Å². The molecule has 0 spiro atoms. The van der Waals surface area contributed by atoms with Gasteiger partial charge in [0.05, 0.1) is 24.3 Å². The smallest absolute Gasteiger partial charge is 0.417 e. The predicted molar refractivity (Wildman–Crippen MR) is 117 cm³/mol. The molecule has 0 aliphatic rings. The summed E-state index contributed by atoms with van der Waals surface area (Å²) in [5.74, 6) is -1.89. The van der Waals surface area contributed by atoms with E-state index >= 15 is 0 Å². The molecule has 1 heterocycles. The van der Waals surface area contributed by atoms with Crippen molar-refractivity contribution < 1.29 is 56.8 Å². The standard InChI is InChI=1S/C20H19NO12P2/c22-19(15-5-1-3-13(7-15)11-30-34(24,25)26)32-17-9-21-10-18(17)33-20(23)16-6-2-4-14(8-16)12-31-35(27,28)29/h1-10,21H,11-12H2,(H2,24,25,26)(H2,27,28,29). The van der Waals surface area contributed by atoms with E-state index < -0.39 is 40.8 Å². The van der Waals surface area contributed by atoms with Crippen LogP contribution in [-0.2, 0) is 31.4 Å². The Morgan fingerprint density at radius 1 is 0.714 bits per heavy atom. The van der Waals surface area contributed by atoms with Crippen molar-refractivity contribution in [3.05, 3.63) is 83.2 Å². The fraction of sp³-hybridized carbons (Fsp3) is 0.100. The van der Waals surface area contributed by atoms with Crippen LogP contribution in [0.2, 0.25) is 0 Å². The summed E-state index contributed by atoms with van der Waals surface area (Å²) in [4.78, 5) is 62.9. The molecular formula is C20H19NO12P2. The first kappa shape index (κ1) is 26.5. The van der Waals surface area contributed by atoms with Crippen LogP contribution in [0.5, 0.6) is 11.5 Å². The third-order valence-electron chi connectivity index (χ3n) is 4.20. The third-order valence-corrected chi connectivity index (χ3v) is 5.13. The second-order valence-electron chi connectivity index (χ2n) is 6.89. The number of phosphoric ester groups is 2. The number of nitrogens with one attached hydrogen (secondary N) is 1. The fourth-order valence-corrected chi connectivity index (χ4v) is 3.34. The molecular weight excluding hydrogens is 508 g/mol. The van der Waals surface area contributed by atoms with E-state index in [1.165, 1.54) is 60.9 Å². The Morgan fingerprint density at radius 2 is 1.11 bits per heavy atom. The summed E-state index contributed by atoms with van der Waals surface area (Å²) in [5.41, 5.74) is 0.721. The average Bonchev–Trinajstić information content (AvgIpc) is 3.22. The zero-order valence-electron chi connectivity index (χ0n) is 17.6. The number of carbonyl (C=O) groups is 2. The fourth-order valence-electron chi connectivity index (χ4n) is 2.71. The van der Waals surface area contributed by atoms with Crippen LogP contribution >= 0.6 is 15.6 Å². The van der Waals surface area contributed by atoms with E-state index in [0.717, 1.165) is 0 Å². The van der Waals surface area contributed by atoms with Crippen molar-refractivity contribution in [1.82, 2.24) is 4.98 Å². The first-order chi connectivity index (χ1) is 16.4. The summed E-state index contributed by atoms with van der Waals surface area (Å²) in [6.07, 6.45) is 2.54. The van der Waals surface area contributed by atoms with Crippen LogP contribution in [0.4, 0.5) is 0 Å². The lowest BCUT2D eigenvalue weighted by atomic mass is 10.1. The van der Waals surface area contributed by atoms with Gasteiger partial charge in [-0.2, -0.15) is 0 Å². The molecule has 0 unspecified atom stereocenters. The topological polar surface area (TPSA) is 202 Å². The van der Waals surface area contributed by atoms with Gasteiger partial charge < -0.3 is 34.0 Å². The van der Waals surface area contributed by atoms with Crippen molar-refractivity contribution in [2.24, 2.45) is 0 Å². The Morgan fingerprint density at radius 3 is 1.49 bits per heavy atom. The molecule has 3 rings (SSSR count). The summed E-state index contributed by atoms with van der Waals surface area (Å²) in [5, 5.41) is 0. The highest BCUT2D eigenvalue weighted by atomic mass is 31.2. The van der Waals surface area contributed by atoms with E-state index in [2.05, 4.69) is 14.0 Å². The van der Waals surface area contributed by atoms with Crippen LogP contribution < -0.4 is 9.47 Å². The molecule has 0 aliphatic carbocycles. The Balaban J connectivity index is 1.66. The molecule has 0 aliphatic heterocycles. The molecule has 5 N–H and O–H groups in total. The first-order valence-corrected chi connectivity index (χ1v) is 12.6. The predicted octanol–water partition coefficient (Wildman–Crippen LogP) is 2.67. The minimum absolute atomic E-state index is 0.0491. The van der Waals surface area contributed by atoms with Gasteiger partial charge in [0.15, 0.2) is 11.5 Å². The van der Waals surface area contributed by atoms with Gasteiger partial charge in [-0.15, -0.1) is 0 Å². The van der Waals surface area contributed by atoms with Gasteiger partial charge in [0.25, 0.3) is 0 Å². The molecule has 35 heavy (non-hydrogen) atoms. The summed E-state index contributed by atoms with van der Waals surface area (Å²) in [7, 11) is -9.37. The third kappa shape index (κ3) is 8.55. The van der Waals surface area contributed by atoms with Gasteiger partial charge in [-0.1, -0.05) is 24.3 Å². The van der Waals surface area contributed by atoms with Crippen LogP contribution in [0.3, 0.4) is 0 Å². The van der Waals surface area contributed by atoms with E-state index in [1.54, 1.807) is 0 Å². The number of hydrogen-bond acceptors (Lipinski definition) is 8. The zero-order valence-corrected chi connectivity index (χ0v) is 19.4. The molecule has 3 aromatic rings. The number of benzene rings is 2. The number of ether oxygens (including phenoxy) is 2. The highest BCUT2D eigenvalue weighted by molar-refractivity contribution is 7.46. The molecule has 0 saturated carbocycles. The van der Waals surface area contributed by atoms with E-state index in [4.69, 9.17) is 29.0 Å². The highest BCUT2D eigenvalue weighted by Crippen LogP contribution is 2.37. The van der Waals surface area contributed by atoms with E-state index in [1.807, 2.05) is 0 Å². The molecule has 0 atom stereocenters. The van der Waals surface area contributed by atoms with Crippen molar-refractivity contribution in [3.8, 4) is 11.5 Å². The molecule has 15 heteroatoms. The quantitative estimate of drug-likeness (QED) is 0.191. The minimum Gasteiger partial charge on any atom is -0.417 e. The maximum atomic E-state index is 12.5. The molecule has 0 amide bonds. The number of hydrogen-bond donors (Lipinski definition) is 5. The number of carbonyl (C=O) groups excluding carboxylic acids is 2. The maximum absolute atomic E-state index is 12.5. The normalized spacial score (nSPS) is 11.8. The van der Waals surface area contributed by atoms with Crippen LogP contribution in [0.1, 0.15) is 31.8 Å². The second-order valence-corrected chi connectivity index (χ2v) is 9.37. The van der Waals surface area contributed by atoms with Crippen molar-refractivity contribution in [2.45, 2.75) is 13.2 Å². The maximum Gasteiger partial charge on any atom is 0.469 e. The summed E-state index contributed by atoms with van der Waals surface area (Å²) < 4.78 is 41.0. The van der Waals surface area contributed by atoms with Crippen molar-refractivity contribution in [3.63, 3.8) is 0 Å². The van der Waals surface area contributed by atoms with Gasteiger partial charge in [0.2, 0.25) is 0 Å². The molecule has 2 aromatic carbocycles. The summed E-state index contributed by atoms with van der Waals surface area (Å²) in [6.45, 7) is -0.868. The molecule has 0 radical (unpaired) electrons. The van der Waals surface area contributed by atoms with Gasteiger partial charge in [0.1, 0.15) is 0 Å². The molecule has 186 valence electrons. The summed E-state index contributed by atoms with van der Waals surface area (Å²) in [6, 6.07) is 11.4. The largest absolute Gasteiger partial charge is 0.469 e. The average molecular weight is 527 g/mol. The second kappa shape index (κ2) is 11.1. The number of H-pyrrole nitrogens is 1. The van der Waals surface area contributed by atoms with E-state index in [-0.39, 0.29) is 22.6 Å². The van der Waals surface area contributed by atoms with Crippen LogP contribution in [-0.4, -0.2) is 36.5 Å². The van der Waals surface area contributed by atoms with Gasteiger partial charge in [-0.05, 0) is 35.4 Å². The molecule has 0 fully saturated rings. The van der Waals surface area contributed by atoms with Crippen LogP contribution in [0.25, 0.3) is 0 Å². The van der Waals surface area contributed by atoms with Gasteiger partial charge >= 0.3 is 27.6 Å². The van der Waals surface area contributed by atoms with Gasteiger partial charge in [0, 0.05) is 12.4 Å². The van der Waals surface area contributed by atoms with Crippen molar-refractivity contribution in [1.29, 1.82) is 0 Å². The monoisotopic (exact) mass is 527 g/mol. The Labute approximate surface area is 197 Å². The molecule has 1 aromatic heterocycles. The number of phosphoric acid groups is 2. The number of rotatable bonds is 10. The Bertz CT molecular complexity index is 1210. The SMILES string of the molecule is O=C(Oc1c[nH]cc1OC(=O)c1cccc(COP(=O)(O)O)c1)c1cccc(COP(=O)(O)O)c1.